The smallest absolute Gasteiger partial charge is 0.208 e. The lowest BCUT2D eigenvalue weighted by Gasteiger charge is -2.09. The van der Waals surface area contributed by atoms with Crippen molar-refractivity contribution in [3.63, 3.8) is 0 Å². The summed E-state index contributed by atoms with van der Waals surface area (Å²) in [4.78, 5) is 0.638. The third-order valence-electron chi connectivity index (χ3n) is 4.37. The van der Waals surface area contributed by atoms with Gasteiger partial charge in [0.15, 0.2) is 0 Å². The summed E-state index contributed by atoms with van der Waals surface area (Å²) in [5, 5.41) is 0. The zero-order valence-electron chi connectivity index (χ0n) is 15.1. The Bertz CT molecular complexity index is 958. The number of hydrogen-bond acceptors (Lipinski definition) is 3. The number of ether oxygens (including phenoxy) is 1. The van der Waals surface area contributed by atoms with E-state index in [2.05, 4.69) is 6.92 Å². The molecule has 0 saturated heterocycles. The van der Waals surface area contributed by atoms with E-state index >= 15 is 0 Å². The number of methoxy groups -OCH3 is 1. The Morgan fingerprint density at radius 1 is 0.962 bits per heavy atom. The molecule has 136 valence electrons. The van der Waals surface area contributed by atoms with Gasteiger partial charge in [0.25, 0.3) is 0 Å². The van der Waals surface area contributed by atoms with Crippen LogP contribution in [0.15, 0.2) is 76.7 Å². The molecule has 0 saturated carbocycles. The Hall–Kier alpha value is -2.53. The van der Waals surface area contributed by atoms with Crippen molar-refractivity contribution >= 4 is 9.84 Å². The van der Waals surface area contributed by atoms with E-state index < -0.39 is 9.84 Å². The van der Waals surface area contributed by atoms with Gasteiger partial charge in [0.05, 0.1) is 16.9 Å². The molecule has 0 amide bonds. The van der Waals surface area contributed by atoms with Crippen molar-refractivity contribution in [2.24, 2.45) is 0 Å². The topological polar surface area (TPSA) is 48.3 Å². The van der Waals surface area contributed by atoms with Gasteiger partial charge in [-0.3, -0.25) is 0 Å². The van der Waals surface area contributed by atoms with E-state index in [1.54, 1.807) is 43.6 Å². The molecule has 5 heteroatoms. The summed E-state index contributed by atoms with van der Waals surface area (Å²) >= 11 is 0. The van der Waals surface area contributed by atoms with Crippen molar-refractivity contribution in [1.29, 1.82) is 0 Å². The average molecular weight is 369 g/mol. The van der Waals surface area contributed by atoms with Gasteiger partial charge in [-0.15, -0.1) is 0 Å². The van der Waals surface area contributed by atoms with Gasteiger partial charge < -0.3 is 9.30 Å². The Morgan fingerprint density at radius 2 is 1.65 bits per heavy atom. The molecule has 0 radical (unpaired) electrons. The Labute approximate surface area is 155 Å². The van der Waals surface area contributed by atoms with Crippen LogP contribution < -0.4 is 4.74 Å². The fourth-order valence-electron chi connectivity index (χ4n) is 2.89. The lowest BCUT2D eigenvalue weighted by molar-refractivity contribution is 0.415. The summed E-state index contributed by atoms with van der Waals surface area (Å²) in [6, 6.07) is 18.0. The number of aromatic nitrogens is 1. The monoisotopic (exact) mass is 369 g/mol. The van der Waals surface area contributed by atoms with Crippen LogP contribution in [-0.2, 0) is 16.4 Å². The molecule has 0 aliphatic carbocycles. The quantitative estimate of drug-likeness (QED) is 0.601. The second kappa shape index (κ2) is 7.79. The van der Waals surface area contributed by atoms with Gasteiger partial charge in [0.2, 0.25) is 9.84 Å². The van der Waals surface area contributed by atoms with Crippen LogP contribution in [0.2, 0.25) is 0 Å². The van der Waals surface area contributed by atoms with E-state index in [0.29, 0.717) is 9.79 Å². The zero-order chi connectivity index (χ0) is 18.6. The standard InChI is InChI=1S/C21H23NO3S/c1-3-4-14-22-16-20(26(23,24)19-8-6-5-7-9-19)15-21(22)17-10-12-18(25-2)13-11-17/h5-13,15-16H,3-4,14H2,1-2H3. The number of unbranched alkanes of at least 4 members (excludes halogenated alkanes) is 1. The maximum atomic E-state index is 13.0. The van der Waals surface area contributed by atoms with Gasteiger partial charge in [-0.2, -0.15) is 0 Å². The minimum Gasteiger partial charge on any atom is -0.497 e. The second-order valence-electron chi connectivity index (χ2n) is 6.15. The molecule has 2 aromatic carbocycles. The molecule has 1 aromatic heterocycles. The van der Waals surface area contributed by atoms with Gasteiger partial charge in [-0.25, -0.2) is 8.42 Å². The summed E-state index contributed by atoms with van der Waals surface area (Å²) in [5.74, 6) is 0.776. The van der Waals surface area contributed by atoms with Crippen molar-refractivity contribution in [3.8, 4) is 17.0 Å². The first-order valence-electron chi connectivity index (χ1n) is 8.71. The largest absolute Gasteiger partial charge is 0.497 e. The SMILES string of the molecule is CCCCn1cc(S(=O)(=O)c2ccccc2)cc1-c1ccc(OC)cc1. The van der Waals surface area contributed by atoms with E-state index in [-0.39, 0.29) is 0 Å². The lowest BCUT2D eigenvalue weighted by atomic mass is 10.1. The predicted molar refractivity (Wildman–Crippen MR) is 103 cm³/mol. The molecule has 0 aliphatic rings. The number of aryl methyl sites for hydroxylation is 1. The van der Waals surface area contributed by atoms with E-state index in [1.807, 2.05) is 34.9 Å². The molecule has 0 atom stereocenters. The fraction of sp³-hybridized carbons (Fsp3) is 0.238. The van der Waals surface area contributed by atoms with Gasteiger partial charge >= 0.3 is 0 Å². The molecule has 0 spiro atoms. The minimum atomic E-state index is -3.53. The van der Waals surface area contributed by atoms with Gasteiger partial charge in [-0.05, 0) is 54.4 Å². The summed E-state index contributed by atoms with van der Waals surface area (Å²) in [6.07, 6.45) is 3.78. The van der Waals surface area contributed by atoms with Crippen LogP contribution in [0.1, 0.15) is 19.8 Å². The van der Waals surface area contributed by atoms with Gasteiger partial charge in [0.1, 0.15) is 5.75 Å². The van der Waals surface area contributed by atoms with Gasteiger partial charge in [0, 0.05) is 18.4 Å². The summed E-state index contributed by atoms with van der Waals surface area (Å²) < 4.78 is 33.2. The second-order valence-corrected chi connectivity index (χ2v) is 8.10. The fourth-order valence-corrected chi connectivity index (χ4v) is 4.21. The Kier molecular flexibility index (Phi) is 5.47. The molecule has 0 bridgehead atoms. The maximum Gasteiger partial charge on any atom is 0.208 e. The molecular formula is C21H23NO3S. The molecule has 1 heterocycles. The van der Waals surface area contributed by atoms with Crippen LogP contribution in [-0.4, -0.2) is 20.1 Å². The van der Waals surface area contributed by atoms with Crippen LogP contribution in [0.3, 0.4) is 0 Å². The van der Waals surface area contributed by atoms with Crippen molar-refractivity contribution in [2.75, 3.05) is 7.11 Å². The summed E-state index contributed by atoms with van der Waals surface area (Å²) in [7, 11) is -1.90. The van der Waals surface area contributed by atoms with Crippen molar-refractivity contribution < 1.29 is 13.2 Å². The third-order valence-corrected chi connectivity index (χ3v) is 6.11. The number of hydrogen-bond donors (Lipinski definition) is 0. The molecule has 3 aromatic rings. The highest BCUT2D eigenvalue weighted by Crippen LogP contribution is 2.30. The first-order valence-corrected chi connectivity index (χ1v) is 10.2. The highest BCUT2D eigenvalue weighted by atomic mass is 32.2. The third kappa shape index (κ3) is 3.68. The molecule has 0 fully saturated rings. The number of nitrogens with zero attached hydrogens (tertiary/aromatic N) is 1. The molecule has 0 aliphatic heterocycles. The van der Waals surface area contributed by atoms with Crippen LogP contribution in [0.4, 0.5) is 0 Å². The zero-order valence-corrected chi connectivity index (χ0v) is 15.9. The van der Waals surface area contributed by atoms with Crippen LogP contribution in [0, 0.1) is 0 Å². The molecule has 0 unspecified atom stereocenters. The molecule has 4 nitrogen and oxygen atoms in total. The van der Waals surface area contributed by atoms with E-state index in [4.69, 9.17) is 4.74 Å². The molecule has 0 N–H and O–H groups in total. The van der Waals surface area contributed by atoms with E-state index in [1.165, 1.54) is 0 Å². The predicted octanol–water partition coefficient (Wildman–Crippen LogP) is 4.80. The molecule has 3 rings (SSSR count). The molecule has 26 heavy (non-hydrogen) atoms. The van der Waals surface area contributed by atoms with Crippen LogP contribution in [0.5, 0.6) is 5.75 Å². The number of sulfone groups is 1. The number of rotatable bonds is 7. The highest BCUT2D eigenvalue weighted by Gasteiger charge is 2.21. The number of benzene rings is 2. The van der Waals surface area contributed by atoms with E-state index in [9.17, 15) is 8.42 Å². The van der Waals surface area contributed by atoms with Crippen LogP contribution >= 0.6 is 0 Å². The maximum absolute atomic E-state index is 13.0. The summed E-state index contributed by atoms with van der Waals surface area (Å²) in [5.41, 5.74) is 1.87. The minimum absolute atomic E-state index is 0.314. The van der Waals surface area contributed by atoms with Gasteiger partial charge in [-0.1, -0.05) is 31.5 Å². The Balaban J connectivity index is 2.06. The van der Waals surface area contributed by atoms with Crippen molar-refractivity contribution in [3.05, 3.63) is 66.9 Å². The van der Waals surface area contributed by atoms with Crippen LogP contribution in [0.25, 0.3) is 11.3 Å². The summed E-state index contributed by atoms with van der Waals surface area (Å²) in [6.45, 7) is 2.90. The first kappa shape index (κ1) is 18.3. The molecular weight excluding hydrogens is 346 g/mol. The highest BCUT2D eigenvalue weighted by molar-refractivity contribution is 7.91. The average Bonchev–Trinajstić information content (AvgIpc) is 3.12. The van der Waals surface area contributed by atoms with Crippen molar-refractivity contribution in [1.82, 2.24) is 4.57 Å². The Morgan fingerprint density at radius 3 is 2.27 bits per heavy atom. The van der Waals surface area contributed by atoms with Crippen molar-refractivity contribution in [2.45, 2.75) is 36.1 Å². The normalized spacial score (nSPS) is 11.5. The lowest BCUT2D eigenvalue weighted by Crippen LogP contribution is -2.01. The first-order chi connectivity index (χ1) is 12.6. The van der Waals surface area contributed by atoms with E-state index in [0.717, 1.165) is 36.4 Å².